The zero-order valence-electron chi connectivity index (χ0n) is 13.4. The van der Waals surface area contributed by atoms with Gasteiger partial charge in [-0.15, -0.1) is 0 Å². The topological polar surface area (TPSA) is 21.3 Å². The second-order valence-electron chi connectivity index (χ2n) is 5.98. The predicted octanol–water partition coefficient (Wildman–Crippen LogP) is 4.95. The number of nitrogens with one attached hydrogen (secondary N) is 1. The predicted molar refractivity (Wildman–Crippen MR) is 90.0 cm³/mol. The van der Waals surface area contributed by atoms with Gasteiger partial charge in [-0.25, -0.2) is 0 Å². The Labute approximate surface area is 128 Å². The molecule has 2 heteroatoms. The van der Waals surface area contributed by atoms with E-state index < -0.39 is 0 Å². The van der Waals surface area contributed by atoms with Gasteiger partial charge in [-0.05, 0) is 43.0 Å². The summed E-state index contributed by atoms with van der Waals surface area (Å²) >= 11 is 0. The SMILES string of the molecule is Cc1ccc(C)c(CNc2ccccc2OCC(C)C)c1. The van der Waals surface area contributed by atoms with Gasteiger partial charge in [-0.1, -0.05) is 49.7 Å². The third-order valence-electron chi connectivity index (χ3n) is 3.43. The Balaban J connectivity index is 2.07. The number of benzene rings is 2. The number of ether oxygens (including phenoxy) is 1. The number of hydrogen-bond acceptors (Lipinski definition) is 2. The molecular weight excluding hydrogens is 258 g/mol. The van der Waals surface area contributed by atoms with Gasteiger partial charge in [0.15, 0.2) is 0 Å². The number of hydrogen-bond donors (Lipinski definition) is 1. The van der Waals surface area contributed by atoms with E-state index in [9.17, 15) is 0 Å². The van der Waals surface area contributed by atoms with Crippen LogP contribution < -0.4 is 10.1 Å². The van der Waals surface area contributed by atoms with Crippen molar-refractivity contribution in [3.05, 3.63) is 59.2 Å². The van der Waals surface area contributed by atoms with Crippen molar-refractivity contribution in [3.63, 3.8) is 0 Å². The quantitative estimate of drug-likeness (QED) is 0.810. The highest BCUT2D eigenvalue weighted by Gasteiger charge is 2.05. The van der Waals surface area contributed by atoms with E-state index in [1.165, 1.54) is 16.7 Å². The molecule has 0 aromatic heterocycles. The van der Waals surface area contributed by atoms with Crippen LogP contribution in [0.4, 0.5) is 5.69 Å². The highest BCUT2D eigenvalue weighted by Crippen LogP contribution is 2.25. The maximum Gasteiger partial charge on any atom is 0.142 e. The van der Waals surface area contributed by atoms with Gasteiger partial charge in [0.25, 0.3) is 0 Å². The molecule has 0 amide bonds. The first-order valence-corrected chi connectivity index (χ1v) is 7.58. The summed E-state index contributed by atoms with van der Waals surface area (Å²) in [4.78, 5) is 0. The van der Waals surface area contributed by atoms with Crippen LogP contribution in [0.25, 0.3) is 0 Å². The molecule has 21 heavy (non-hydrogen) atoms. The number of aryl methyl sites for hydroxylation is 2. The van der Waals surface area contributed by atoms with Gasteiger partial charge in [0.2, 0.25) is 0 Å². The molecule has 1 N–H and O–H groups in total. The van der Waals surface area contributed by atoms with E-state index in [0.717, 1.165) is 24.6 Å². The smallest absolute Gasteiger partial charge is 0.142 e. The molecule has 0 aliphatic carbocycles. The van der Waals surface area contributed by atoms with Gasteiger partial charge >= 0.3 is 0 Å². The van der Waals surface area contributed by atoms with E-state index in [1.54, 1.807) is 0 Å². The zero-order valence-corrected chi connectivity index (χ0v) is 13.4. The number of para-hydroxylation sites is 2. The molecule has 0 bridgehead atoms. The summed E-state index contributed by atoms with van der Waals surface area (Å²) in [5.74, 6) is 1.45. The van der Waals surface area contributed by atoms with Crippen LogP contribution in [-0.2, 0) is 6.54 Å². The van der Waals surface area contributed by atoms with Crippen LogP contribution >= 0.6 is 0 Å². The molecule has 0 atom stereocenters. The standard InChI is InChI=1S/C19H25NO/c1-14(2)13-21-19-8-6-5-7-18(19)20-12-17-11-15(3)9-10-16(17)4/h5-11,14,20H,12-13H2,1-4H3. The highest BCUT2D eigenvalue weighted by molar-refractivity contribution is 5.56. The monoisotopic (exact) mass is 283 g/mol. The van der Waals surface area contributed by atoms with Crippen molar-refractivity contribution in [2.75, 3.05) is 11.9 Å². The van der Waals surface area contributed by atoms with Gasteiger partial charge in [0, 0.05) is 6.54 Å². The fraction of sp³-hybridized carbons (Fsp3) is 0.368. The summed E-state index contributed by atoms with van der Waals surface area (Å²) < 4.78 is 5.88. The second-order valence-corrected chi connectivity index (χ2v) is 5.98. The third-order valence-corrected chi connectivity index (χ3v) is 3.43. The van der Waals surface area contributed by atoms with E-state index >= 15 is 0 Å². The van der Waals surface area contributed by atoms with Crippen molar-refractivity contribution in [1.82, 2.24) is 0 Å². The molecule has 0 spiro atoms. The summed E-state index contributed by atoms with van der Waals surface area (Å²) in [6.45, 7) is 10.1. The van der Waals surface area contributed by atoms with Gasteiger partial charge < -0.3 is 10.1 Å². The molecule has 0 aliphatic heterocycles. The Morgan fingerprint density at radius 1 is 1.05 bits per heavy atom. The molecular formula is C19H25NO. The summed E-state index contributed by atoms with van der Waals surface area (Å²) in [5, 5.41) is 3.50. The molecule has 0 fully saturated rings. The van der Waals surface area contributed by atoms with Crippen LogP contribution in [0.3, 0.4) is 0 Å². The zero-order chi connectivity index (χ0) is 15.2. The normalized spacial score (nSPS) is 10.7. The average Bonchev–Trinajstić information content (AvgIpc) is 2.47. The summed E-state index contributed by atoms with van der Waals surface area (Å²) in [6, 6.07) is 14.7. The Morgan fingerprint density at radius 3 is 2.57 bits per heavy atom. The first-order valence-electron chi connectivity index (χ1n) is 7.58. The fourth-order valence-electron chi connectivity index (χ4n) is 2.18. The lowest BCUT2D eigenvalue weighted by molar-refractivity contribution is 0.272. The highest BCUT2D eigenvalue weighted by atomic mass is 16.5. The molecule has 0 heterocycles. The van der Waals surface area contributed by atoms with E-state index in [4.69, 9.17) is 4.74 Å². The molecule has 0 aliphatic rings. The van der Waals surface area contributed by atoms with Crippen molar-refractivity contribution in [3.8, 4) is 5.75 Å². The summed E-state index contributed by atoms with van der Waals surface area (Å²) in [7, 11) is 0. The minimum absolute atomic E-state index is 0.525. The molecule has 112 valence electrons. The average molecular weight is 283 g/mol. The van der Waals surface area contributed by atoms with Crippen LogP contribution in [0.2, 0.25) is 0 Å². The van der Waals surface area contributed by atoms with Gasteiger partial charge in [-0.3, -0.25) is 0 Å². The molecule has 0 saturated carbocycles. The first-order chi connectivity index (χ1) is 10.1. The lowest BCUT2D eigenvalue weighted by Crippen LogP contribution is -2.08. The Kier molecular flexibility index (Phi) is 5.26. The van der Waals surface area contributed by atoms with Gasteiger partial charge in [0.1, 0.15) is 5.75 Å². The molecule has 2 rings (SSSR count). The lowest BCUT2D eigenvalue weighted by Gasteiger charge is -2.15. The lowest BCUT2D eigenvalue weighted by atomic mass is 10.1. The summed E-state index contributed by atoms with van der Waals surface area (Å²) in [5.41, 5.74) is 4.99. The molecule has 0 saturated heterocycles. The minimum Gasteiger partial charge on any atom is -0.491 e. The Hall–Kier alpha value is -1.96. The number of anilines is 1. The molecule has 2 aromatic carbocycles. The van der Waals surface area contributed by atoms with Crippen molar-refractivity contribution in [2.45, 2.75) is 34.2 Å². The van der Waals surface area contributed by atoms with E-state index in [1.807, 2.05) is 18.2 Å². The number of rotatable bonds is 6. The van der Waals surface area contributed by atoms with Crippen LogP contribution in [0, 0.1) is 19.8 Å². The fourth-order valence-corrected chi connectivity index (χ4v) is 2.18. The van der Waals surface area contributed by atoms with Crippen LogP contribution in [0.15, 0.2) is 42.5 Å². The van der Waals surface area contributed by atoms with E-state index in [2.05, 4.69) is 57.3 Å². The minimum atomic E-state index is 0.525. The maximum absolute atomic E-state index is 5.88. The second kappa shape index (κ2) is 7.16. The van der Waals surface area contributed by atoms with Crippen molar-refractivity contribution in [2.24, 2.45) is 5.92 Å². The molecule has 0 radical (unpaired) electrons. The van der Waals surface area contributed by atoms with Crippen LogP contribution in [-0.4, -0.2) is 6.61 Å². The van der Waals surface area contributed by atoms with Crippen molar-refractivity contribution in [1.29, 1.82) is 0 Å². The van der Waals surface area contributed by atoms with E-state index in [-0.39, 0.29) is 0 Å². The largest absolute Gasteiger partial charge is 0.491 e. The van der Waals surface area contributed by atoms with Crippen LogP contribution in [0.1, 0.15) is 30.5 Å². The maximum atomic E-state index is 5.88. The molecule has 2 nitrogen and oxygen atoms in total. The Bertz CT molecular complexity index is 590. The van der Waals surface area contributed by atoms with Gasteiger partial charge in [0.05, 0.1) is 12.3 Å². The van der Waals surface area contributed by atoms with Crippen molar-refractivity contribution < 1.29 is 4.74 Å². The van der Waals surface area contributed by atoms with Crippen LogP contribution in [0.5, 0.6) is 5.75 Å². The molecule has 2 aromatic rings. The first kappa shape index (κ1) is 15.4. The summed E-state index contributed by atoms with van der Waals surface area (Å²) in [6.07, 6.45) is 0. The van der Waals surface area contributed by atoms with Crippen molar-refractivity contribution >= 4 is 5.69 Å². The Morgan fingerprint density at radius 2 is 1.81 bits per heavy atom. The third kappa shape index (κ3) is 4.52. The molecule has 0 unspecified atom stereocenters. The van der Waals surface area contributed by atoms with Gasteiger partial charge in [-0.2, -0.15) is 0 Å². The van der Waals surface area contributed by atoms with E-state index in [0.29, 0.717) is 5.92 Å².